The number of hydrogen-bond donors (Lipinski definition) is 1. The second kappa shape index (κ2) is 10.1. The van der Waals surface area contributed by atoms with Gasteiger partial charge in [-0.15, -0.1) is 0 Å². The number of aryl methyl sites for hydroxylation is 1. The Kier molecular flexibility index (Phi) is 8.68. The van der Waals surface area contributed by atoms with E-state index in [-0.39, 0.29) is 17.3 Å². The lowest BCUT2D eigenvalue weighted by Gasteiger charge is -2.27. The van der Waals surface area contributed by atoms with Crippen LogP contribution in [0.5, 0.6) is 0 Å². The quantitative estimate of drug-likeness (QED) is 0.426. The van der Waals surface area contributed by atoms with Gasteiger partial charge in [0.1, 0.15) is 0 Å². The maximum atomic E-state index is 12.8. The van der Waals surface area contributed by atoms with Gasteiger partial charge in [0.05, 0.1) is 16.7 Å². The Balaban J connectivity index is 0.000000412. The molecule has 33 heavy (non-hydrogen) atoms. The molecule has 0 spiro atoms. The van der Waals surface area contributed by atoms with Gasteiger partial charge in [-0.1, -0.05) is 45.5 Å². The number of hydrogen-bond acceptors (Lipinski definition) is 1. The van der Waals surface area contributed by atoms with Crippen LogP contribution in [-0.4, -0.2) is 0 Å². The molecule has 1 N–H and O–H groups in total. The number of anilines is 1. The summed E-state index contributed by atoms with van der Waals surface area (Å²) in [5.74, 6) is 0. The van der Waals surface area contributed by atoms with Crippen molar-refractivity contribution in [2.75, 3.05) is 5.32 Å². The summed E-state index contributed by atoms with van der Waals surface area (Å²) in [6, 6.07) is 6.88. The number of halogens is 9. The van der Waals surface area contributed by atoms with Crippen LogP contribution in [0.1, 0.15) is 49.4 Å². The summed E-state index contributed by atoms with van der Waals surface area (Å²) in [5.41, 5.74) is -3.40. The number of rotatable bonds is 4. The molecule has 0 aliphatic rings. The molecule has 0 saturated heterocycles. The molecule has 2 aromatic carbocycles. The van der Waals surface area contributed by atoms with Gasteiger partial charge >= 0.3 is 18.5 Å². The van der Waals surface area contributed by atoms with Crippen molar-refractivity contribution in [3.8, 4) is 0 Å². The molecule has 1 nitrogen and oxygen atoms in total. The van der Waals surface area contributed by atoms with Gasteiger partial charge in [-0.05, 0) is 43.2 Å². The van der Waals surface area contributed by atoms with Crippen LogP contribution >= 0.6 is 0 Å². The summed E-state index contributed by atoms with van der Waals surface area (Å²) in [4.78, 5) is 0. The van der Waals surface area contributed by atoms with Crippen LogP contribution in [0.15, 0.2) is 54.7 Å². The Hall–Kier alpha value is -2.65. The molecule has 0 aliphatic heterocycles. The Morgan fingerprint density at radius 2 is 1.24 bits per heavy atom. The van der Waals surface area contributed by atoms with E-state index in [2.05, 4.69) is 11.9 Å². The lowest BCUT2D eigenvalue weighted by molar-refractivity contribution is -0.143. The minimum Gasteiger partial charge on any atom is -0.359 e. The third-order valence-electron chi connectivity index (χ3n) is 5.03. The smallest absolute Gasteiger partial charge is 0.359 e. The minimum absolute atomic E-state index is 0.0961. The predicted octanol–water partition coefficient (Wildman–Crippen LogP) is 9.10. The molecular formula is C23H24F9N. The van der Waals surface area contributed by atoms with Crippen molar-refractivity contribution in [3.05, 3.63) is 77.0 Å². The molecule has 0 heterocycles. The van der Waals surface area contributed by atoms with Crippen molar-refractivity contribution in [2.24, 2.45) is 5.41 Å². The lowest BCUT2D eigenvalue weighted by atomic mass is 9.87. The highest BCUT2D eigenvalue weighted by Crippen LogP contribution is 2.39. The third kappa shape index (κ3) is 8.33. The maximum Gasteiger partial charge on any atom is 0.416 e. The van der Waals surface area contributed by atoms with E-state index in [9.17, 15) is 39.5 Å². The van der Waals surface area contributed by atoms with Crippen molar-refractivity contribution in [2.45, 2.75) is 52.6 Å². The highest BCUT2D eigenvalue weighted by molar-refractivity contribution is 5.54. The molecule has 0 amide bonds. The zero-order valence-electron chi connectivity index (χ0n) is 18.4. The molecule has 0 aliphatic carbocycles. The Labute approximate surface area is 186 Å². The first-order chi connectivity index (χ1) is 14.8. The van der Waals surface area contributed by atoms with Gasteiger partial charge in [0, 0.05) is 16.8 Å². The minimum atomic E-state index is -4.86. The average molecular weight is 485 g/mol. The lowest BCUT2D eigenvalue weighted by Crippen LogP contribution is -2.19. The molecule has 0 saturated carbocycles. The van der Waals surface area contributed by atoms with Crippen molar-refractivity contribution in [3.63, 3.8) is 0 Å². The van der Waals surface area contributed by atoms with E-state index >= 15 is 0 Å². The molecule has 10 heteroatoms. The summed E-state index contributed by atoms with van der Waals surface area (Å²) >= 11 is 0. The van der Waals surface area contributed by atoms with Gasteiger partial charge in [0.15, 0.2) is 0 Å². The van der Waals surface area contributed by atoms with E-state index in [1.54, 1.807) is 19.9 Å². The number of alkyl halides is 9. The first-order valence-corrected chi connectivity index (χ1v) is 9.67. The van der Waals surface area contributed by atoms with E-state index in [1.165, 1.54) is 19.1 Å². The zero-order chi connectivity index (χ0) is 25.8. The molecule has 0 atom stereocenters. The van der Waals surface area contributed by atoms with Crippen LogP contribution in [0, 0.1) is 12.3 Å². The van der Waals surface area contributed by atoms with E-state index < -0.39 is 40.6 Å². The van der Waals surface area contributed by atoms with Gasteiger partial charge < -0.3 is 5.32 Å². The SMILES string of the molecule is C=C(Nc1cc(C(F)(F)F)cc(C(F)(F)F)c1)C(C)(C)CC.Cc1ccccc1C(F)(F)F. The maximum absolute atomic E-state index is 12.8. The van der Waals surface area contributed by atoms with Gasteiger partial charge in [-0.3, -0.25) is 0 Å². The van der Waals surface area contributed by atoms with Gasteiger partial charge in [-0.2, -0.15) is 39.5 Å². The number of nitrogens with one attached hydrogen (secondary N) is 1. The fourth-order valence-electron chi connectivity index (χ4n) is 2.47. The second-order valence-corrected chi connectivity index (χ2v) is 7.95. The van der Waals surface area contributed by atoms with E-state index in [1.807, 2.05) is 6.92 Å². The second-order valence-electron chi connectivity index (χ2n) is 7.95. The van der Waals surface area contributed by atoms with Gasteiger partial charge in [0.25, 0.3) is 0 Å². The van der Waals surface area contributed by atoms with Crippen molar-refractivity contribution in [1.82, 2.24) is 0 Å². The average Bonchev–Trinajstić information content (AvgIpc) is 2.66. The molecule has 2 aromatic rings. The van der Waals surface area contributed by atoms with Gasteiger partial charge in [-0.25, -0.2) is 0 Å². The fraction of sp³-hybridized carbons (Fsp3) is 0.391. The van der Waals surface area contributed by atoms with Crippen molar-refractivity contribution >= 4 is 5.69 Å². The normalized spacial score (nSPS) is 12.6. The fourth-order valence-corrected chi connectivity index (χ4v) is 2.47. The predicted molar refractivity (Wildman–Crippen MR) is 109 cm³/mol. The van der Waals surface area contributed by atoms with E-state index in [0.29, 0.717) is 24.3 Å². The molecule has 184 valence electrons. The van der Waals surface area contributed by atoms with Crippen LogP contribution in [0.2, 0.25) is 0 Å². The van der Waals surface area contributed by atoms with Crippen molar-refractivity contribution in [1.29, 1.82) is 0 Å². The zero-order valence-corrected chi connectivity index (χ0v) is 18.4. The topological polar surface area (TPSA) is 12.0 Å². The monoisotopic (exact) mass is 485 g/mol. The first kappa shape index (κ1) is 28.4. The third-order valence-corrected chi connectivity index (χ3v) is 5.03. The summed E-state index contributed by atoms with van der Waals surface area (Å²) in [7, 11) is 0. The van der Waals surface area contributed by atoms with Crippen LogP contribution in [0.25, 0.3) is 0 Å². The van der Waals surface area contributed by atoms with Crippen LogP contribution < -0.4 is 5.32 Å². The van der Waals surface area contributed by atoms with Gasteiger partial charge in [0.2, 0.25) is 0 Å². The standard InChI is InChI=1S/C15H17F6N.C8H7F3/c1-5-13(3,4)9(2)22-12-7-10(14(16,17)18)6-11(8-12)15(19,20)21;1-6-4-2-3-5-7(6)8(9,10)11/h6-8,22H,2,5H2,1,3-4H3;2-5H,1H3. The Morgan fingerprint density at radius 1 is 0.788 bits per heavy atom. The first-order valence-electron chi connectivity index (χ1n) is 9.67. The molecule has 0 fully saturated rings. The summed E-state index contributed by atoms with van der Waals surface area (Å²) in [6.45, 7) is 10.6. The largest absolute Gasteiger partial charge is 0.416 e. The highest BCUT2D eigenvalue weighted by atomic mass is 19.4. The Bertz CT molecular complexity index is 919. The van der Waals surface area contributed by atoms with Crippen molar-refractivity contribution < 1.29 is 39.5 Å². The molecular weight excluding hydrogens is 461 g/mol. The molecule has 0 unspecified atom stereocenters. The highest BCUT2D eigenvalue weighted by Gasteiger charge is 2.37. The molecule has 0 bridgehead atoms. The summed E-state index contributed by atoms with van der Waals surface area (Å²) in [6.07, 6.45) is -13.3. The molecule has 0 aromatic heterocycles. The number of benzene rings is 2. The van der Waals surface area contributed by atoms with Crippen LogP contribution in [0.4, 0.5) is 45.2 Å². The van der Waals surface area contributed by atoms with E-state index in [0.717, 1.165) is 6.07 Å². The summed E-state index contributed by atoms with van der Waals surface area (Å²) < 4.78 is 113. The summed E-state index contributed by atoms with van der Waals surface area (Å²) in [5, 5.41) is 2.56. The van der Waals surface area contributed by atoms with Crippen LogP contribution in [-0.2, 0) is 18.5 Å². The Morgan fingerprint density at radius 3 is 1.58 bits per heavy atom. The van der Waals surface area contributed by atoms with Crippen LogP contribution in [0.3, 0.4) is 0 Å². The molecule has 0 radical (unpaired) electrons. The molecule has 2 rings (SSSR count). The van der Waals surface area contributed by atoms with E-state index in [4.69, 9.17) is 0 Å². The number of allylic oxidation sites excluding steroid dienone is 1.